The van der Waals surface area contributed by atoms with E-state index in [9.17, 15) is 14.7 Å². The first-order valence-electron chi connectivity index (χ1n) is 16.2. The summed E-state index contributed by atoms with van der Waals surface area (Å²) >= 11 is 0. The highest BCUT2D eigenvalue weighted by Crippen LogP contribution is 2.41. The van der Waals surface area contributed by atoms with Gasteiger partial charge in [0.1, 0.15) is 11.7 Å². The number of nitrogens with zero attached hydrogens (tertiary/aromatic N) is 1. The number of ether oxygens (including phenoxy) is 3. The van der Waals surface area contributed by atoms with Crippen LogP contribution >= 0.6 is 0 Å². The van der Waals surface area contributed by atoms with E-state index in [2.05, 4.69) is 29.2 Å². The molecule has 1 N–H and O–H groups in total. The lowest BCUT2D eigenvalue weighted by atomic mass is 9.86. The Balaban J connectivity index is 1.05. The molecule has 3 atom stereocenters. The van der Waals surface area contributed by atoms with Crippen LogP contribution < -0.4 is 0 Å². The van der Waals surface area contributed by atoms with Gasteiger partial charge in [0.2, 0.25) is 5.60 Å². The average Bonchev–Trinajstić information content (AvgIpc) is 3.58. The predicted molar refractivity (Wildman–Crippen MR) is 174 cm³/mol. The van der Waals surface area contributed by atoms with Crippen molar-refractivity contribution in [3.8, 4) is 0 Å². The third kappa shape index (κ3) is 8.81. The van der Waals surface area contributed by atoms with E-state index in [1.165, 1.54) is 11.1 Å². The van der Waals surface area contributed by atoms with Crippen molar-refractivity contribution in [2.45, 2.75) is 70.2 Å². The second kappa shape index (κ2) is 14.7. The number of esters is 2. The lowest BCUT2D eigenvalue weighted by Gasteiger charge is -2.29. The molecule has 2 aliphatic rings. The van der Waals surface area contributed by atoms with E-state index < -0.39 is 17.2 Å². The van der Waals surface area contributed by atoms with Gasteiger partial charge in [0.25, 0.3) is 0 Å². The second-order valence-electron chi connectivity index (χ2n) is 13.5. The van der Waals surface area contributed by atoms with E-state index in [4.69, 9.17) is 14.2 Å². The summed E-state index contributed by atoms with van der Waals surface area (Å²) in [6.07, 6.45) is 3.52. The molecular formula is C38H47NO6. The van der Waals surface area contributed by atoms with Crippen LogP contribution in [0.2, 0.25) is 0 Å². The number of aliphatic hydroxyl groups is 1. The van der Waals surface area contributed by atoms with Gasteiger partial charge in [-0.25, -0.2) is 4.79 Å². The van der Waals surface area contributed by atoms with Crippen LogP contribution in [0.15, 0.2) is 84.9 Å². The first kappa shape index (κ1) is 32.9. The van der Waals surface area contributed by atoms with E-state index in [0.717, 1.165) is 45.3 Å². The molecule has 240 valence electrons. The SMILES string of the molecule is CC(C)(C)OC(=O)CCOCCc1cccc(CCN2C[C@H]3CC(OC(=O)C(O)(c4ccccc4)c4ccccc4)C[C@H]3C2)c1. The van der Waals surface area contributed by atoms with Gasteiger partial charge in [-0.05, 0) is 80.5 Å². The van der Waals surface area contributed by atoms with E-state index in [0.29, 0.717) is 36.2 Å². The van der Waals surface area contributed by atoms with Gasteiger partial charge in [-0.3, -0.25) is 4.79 Å². The zero-order valence-corrected chi connectivity index (χ0v) is 26.8. The highest BCUT2D eigenvalue weighted by atomic mass is 16.6. The summed E-state index contributed by atoms with van der Waals surface area (Å²) in [5.41, 5.74) is 1.26. The Bertz CT molecular complexity index is 1350. The topological polar surface area (TPSA) is 85.3 Å². The van der Waals surface area contributed by atoms with Gasteiger partial charge >= 0.3 is 11.9 Å². The van der Waals surface area contributed by atoms with Crippen molar-refractivity contribution in [1.82, 2.24) is 4.90 Å². The van der Waals surface area contributed by atoms with Gasteiger partial charge in [-0.2, -0.15) is 0 Å². The van der Waals surface area contributed by atoms with Crippen LogP contribution in [0.3, 0.4) is 0 Å². The van der Waals surface area contributed by atoms with Crippen LogP contribution in [0.4, 0.5) is 0 Å². The highest BCUT2D eigenvalue weighted by Gasteiger charge is 2.46. The molecule has 0 bridgehead atoms. The summed E-state index contributed by atoms with van der Waals surface area (Å²) < 4.78 is 17.0. The molecule has 45 heavy (non-hydrogen) atoms. The lowest BCUT2D eigenvalue weighted by molar-refractivity contribution is -0.168. The number of fused-ring (bicyclic) bond motifs is 1. The summed E-state index contributed by atoms with van der Waals surface area (Å²) in [6, 6.07) is 26.8. The van der Waals surface area contributed by atoms with Crippen molar-refractivity contribution >= 4 is 11.9 Å². The molecular weight excluding hydrogens is 566 g/mol. The number of benzene rings is 3. The molecule has 7 heteroatoms. The molecule has 1 aliphatic carbocycles. The number of hydrogen-bond acceptors (Lipinski definition) is 7. The first-order chi connectivity index (χ1) is 21.6. The van der Waals surface area contributed by atoms with Crippen molar-refractivity contribution in [2.24, 2.45) is 11.8 Å². The third-order valence-electron chi connectivity index (χ3n) is 8.85. The molecule has 2 fully saturated rings. The Morgan fingerprint density at radius 1 is 0.800 bits per heavy atom. The molecule has 0 aromatic heterocycles. The molecule has 0 radical (unpaired) electrons. The number of carbonyl (C=O) groups is 2. The number of likely N-dealkylation sites (tertiary alicyclic amines) is 1. The van der Waals surface area contributed by atoms with Crippen LogP contribution in [0.1, 0.15) is 62.3 Å². The Morgan fingerprint density at radius 3 is 1.96 bits per heavy atom. The Hall–Kier alpha value is -3.52. The normalized spacial score (nSPS) is 20.1. The molecule has 1 saturated heterocycles. The maximum atomic E-state index is 13.6. The zero-order chi connectivity index (χ0) is 31.9. The minimum atomic E-state index is -1.84. The number of rotatable bonds is 13. The van der Waals surface area contributed by atoms with Crippen LogP contribution in [-0.2, 0) is 42.2 Å². The smallest absolute Gasteiger partial charge is 0.347 e. The molecule has 0 spiro atoms. The van der Waals surface area contributed by atoms with Crippen LogP contribution in [0, 0.1) is 11.8 Å². The lowest BCUT2D eigenvalue weighted by Crippen LogP contribution is -2.40. The molecule has 3 aromatic carbocycles. The first-order valence-corrected chi connectivity index (χ1v) is 16.2. The Kier molecular flexibility index (Phi) is 10.7. The second-order valence-corrected chi connectivity index (χ2v) is 13.5. The molecule has 1 heterocycles. The fraction of sp³-hybridized carbons (Fsp3) is 0.474. The van der Waals surface area contributed by atoms with E-state index in [-0.39, 0.29) is 18.5 Å². The molecule has 0 amide bonds. The third-order valence-corrected chi connectivity index (χ3v) is 8.85. The molecule has 1 saturated carbocycles. The summed E-state index contributed by atoms with van der Waals surface area (Å²) in [7, 11) is 0. The quantitative estimate of drug-likeness (QED) is 0.195. The minimum Gasteiger partial charge on any atom is -0.460 e. The fourth-order valence-electron chi connectivity index (χ4n) is 6.69. The summed E-state index contributed by atoms with van der Waals surface area (Å²) in [5.74, 6) is 0.155. The van der Waals surface area contributed by atoms with Crippen molar-refractivity contribution in [3.05, 3.63) is 107 Å². The molecule has 1 aliphatic heterocycles. The zero-order valence-electron chi connectivity index (χ0n) is 26.8. The van der Waals surface area contributed by atoms with Gasteiger partial charge < -0.3 is 24.2 Å². The standard InChI is InChI=1S/C38H47NO6/c1-37(2,3)45-35(40)19-22-43-21-18-29-12-10-11-28(23-29)17-20-39-26-30-24-34(25-31(30)27-39)44-36(41)38(42,32-13-6-4-7-14-32)33-15-8-5-9-16-33/h4-16,23,30-31,34,42H,17-22,24-27H2,1-3H3/t30-,31+,34?. The molecule has 5 rings (SSSR count). The summed E-state index contributed by atoms with van der Waals surface area (Å²) in [4.78, 5) is 27.9. The Morgan fingerprint density at radius 2 is 1.38 bits per heavy atom. The van der Waals surface area contributed by atoms with Crippen molar-refractivity contribution < 1.29 is 28.9 Å². The van der Waals surface area contributed by atoms with Gasteiger partial charge in [-0.1, -0.05) is 84.9 Å². The van der Waals surface area contributed by atoms with E-state index >= 15 is 0 Å². The van der Waals surface area contributed by atoms with Crippen molar-refractivity contribution in [3.63, 3.8) is 0 Å². The van der Waals surface area contributed by atoms with E-state index in [1.54, 1.807) is 24.3 Å². The predicted octanol–water partition coefficient (Wildman–Crippen LogP) is 5.71. The monoisotopic (exact) mass is 613 g/mol. The van der Waals surface area contributed by atoms with Gasteiger partial charge in [0, 0.05) is 19.6 Å². The van der Waals surface area contributed by atoms with Gasteiger partial charge in [0.15, 0.2) is 0 Å². The molecule has 1 unspecified atom stereocenters. The number of hydrogen-bond donors (Lipinski definition) is 1. The van der Waals surface area contributed by atoms with Crippen molar-refractivity contribution in [2.75, 3.05) is 32.8 Å². The van der Waals surface area contributed by atoms with Gasteiger partial charge in [-0.15, -0.1) is 0 Å². The fourth-order valence-corrected chi connectivity index (χ4v) is 6.69. The summed E-state index contributed by atoms with van der Waals surface area (Å²) in [6.45, 7) is 9.54. The molecule has 7 nitrogen and oxygen atoms in total. The maximum Gasteiger partial charge on any atom is 0.347 e. The number of carbonyl (C=O) groups excluding carboxylic acids is 2. The average molecular weight is 614 g/mol. The van der Waals surface area contributed by atoms with Gasteiger partial charge in [0.05, 0.1) is 19.6 Å². The van der Waals surface area contributed by atoms with Crippen molar-refractivity contribution in [1.29, 1.82) is 0 Å². The highest BCUT2D eigenvalue weighted by molar-refractivity contribution is 5.85. The summed E-state index contributed by atoms with van der Waals surface area (Å²) in [5, 5.41) is 11.7. The maximum absolute atomic E-state index is 13.6. The van der Waals surface area contributed by atoms with Crippen LogP contribution in [0.25, 0.3) is 0 Å². The molecule has 3 aromatic rings. The largest absolute Gasteiger partial charge is 0.460 e. The van der Waals surface area contributed by atoms with Crippen LogP contribution in [0.5, 0.6) is 0 Å². The van der Waals surface area contributed by atoms with E-state index in [1.807, 2.05) is 57.2 Å². The minimum absolute atomic E-state index is 0.184. The Labute approximate surface area is 267 Å². The van der Waals surface area contributed by atoms with Crippen LogP contribution in [-0.4, -0.2) is 66.5 Å².